The van der Waals surface area contributed by atoms with Crippen LogP contribution in [0.2, 0.25) is 0 Å². The van der Waals surface area contributed by atoms with Gasteiger partial charge in [0.15, 0.2) is 0 Å². The van der Waals surface area contributed by atoms with Crippen molar-refractivity contribution in [1.82, 2.24) is 0 Å². The summed E-state index contributed by atoms with van der Waals surface area (Å²) < 4.78 is 0. The van der Waals surface area contributed by atoms with E-state index in [4.69, 9.17) is 9.78 Å². The molecule has 0 saturated carbocycles. The second-order valence-corrected chi connectivity index (χ2v) is 13.5. The molecule has 0 amide bonds. The summed E-state index contributed by atoms with van der Waals surface area (Å²) in [5, 5.41) is 0. The molecule has 2 aromatic rings. The van der Waals surface area contributed by atoms with E-state index in [1.165, 1.54) is 33.4 Å². The molecule has 2 nitrogen and oxygen atoms in total. The van der Waals surface area contributed by atoms with Crippen molar-refractivity contribution >= 4 is 0 Å². The second kappa shape index (κ2) is 9.78. The van der Waals surface area contributed by atoms with Crippen LogP contribution in [0.4, 0.5) is 0 Å². The third-order valence-corrected chi connectivity index (χ3v) is 6.69. The van der Waals surface area contributed by atoms with Crippen LogP contribution in [0.25, 0.3) is 0 Å². The maximum absolute atomic E-state index is 6.37. The van der Waals surface area contributed by atoms with Crippen LogP contribution in [-0.4, -0.2) is 0 Å². The lowest BCUT2D eigenvalue weighted by molar-refractivity contribution is -0.410. The number of rotatable bonds is 7. The molecule has 2 heteroatoms. The maximum atomic E-state index is 6.37. The van der Waals surface area contributed by atoms with Crippen LogP contribution in [0, 0.1) is 0 Å². The lowest BCUT2D eigenvalue weighted by Crippen LogP contribution is -2.34. The molecular formula is C32H50O2. The zero-order valence-corrected chi connectivity index (χ0v) is 24.4. The van der Waals surface area contributed by atoms with Crippen LogP contribution in [0.3, 0.4) is 0 Å². The highest BCUT2D eigenvalue weighted by molar-refractivity contribution is 5.45. The van der Waals surface area contributed by atoms with E-state index in [9.17, 15) is 0 Å². The van der Waals surface area contributed by atoms with E-state index in [-0.39, 0.29) is 10.8 Å². The summed E-state index contributed by atoms with van der Waals surface area (Å²) in [7, 11) is 0. The zero-order valence-electron chi connectivity index (χ0n) is 24.4. The molecule has 0 atom stereocenters. The Morgan fingerprint density at radius 2 is 0.794 bits per heavy atom. The van der Waals surface area contributed by atoms with Crippen molar-refractivity contribution in [1.29, 1.82) is 0 Å². The van der Waals surface area contributed by atoms with E-state index < -0.39 is 11.2 Å². The molecule has 0 N–H and O–H groups in total. The van der Waals surface area contributed by atoms with Crippen LogP contribution in [0.1, 0.15) is 142 Å². The number of hydrogen-bond acceptors (Lipinski definition) is 2. The van der Waals surface area contributed by atoms with Gasteiger partial charge in [-0.3, -0.25) is 0 Å². The van der Waals surface area contributed by atoms with Gasteiger partial charge < -0.3 is 0 Å². The summed E-state index contributed by atoms with van der Waals surface area (Å²) in [4.78, 5) is 12.7. The van der Waals surface area contributed by atoms with Gasteiger partial charge in [0.05, 0.1) is 0 Å². The first-order valence-corrected chi connectivity index (χ1v) is 12.9. The van der Waals surface area contributed by atoms with Crippen molar-refractivity contribution in [3.8, 4) is 0 Å². The predicted octanol–water partition coefficient (Wildman–Crippen LogP) is 9.65. The van der Waals surface area contributed by atoms with Crippen LogP contribution in [0.5, 0.6) is 0 Å². The molecule has 0 aliphatic rings. The first-order chi connectivity index (χ1) is 15.3. The SMILES string of the molecule is CC(C)c1cccc(C(C)(C)OOC(C)(C)c2cccc(C(C)C)c2C(C)(C)C)c1C(C)(C)C. The highest BCUT2D eigenvalue weighted by atomic mass is 17.2. The Labute approximate surface area is 210 Å². The molecule has 190 valence electrons. The number of hydrogen-bond donors (Lipinski definition) is 0. The molecule has 0 heterocycles. The molecular weight excluding hydrogens is 416 g/mol. The molecule has 0 fully saturated rings. The van der Waals surface area contributed by atoms with Gasteiger partial charge in [0.2, 0.25) is 0 Å². The molecule has 0 aromatic heterocycles. The fraction of sp³-hybridized carbons (Fsp3) is 0.625. The molecule has 0 saturated heterocycles. The highest BCUT2D eigenvalue weighted by Crippen LogP contribution is 2.43. The summed E-state index contributed by atoms with van der Waals surface area (Å²) in [5.41, 5.74) is 6.62. The molecule has 0 unspecified atom stereocenters. The van der Waals surface area contributed by atoms with Crippen LogP contribution >= 0.6 is 0 Å². The normalized spacial score (nSPS) is 13.8. The second-order valence-electron chi connectivity index (χ2n) is 13.5. The van der Waals surface area contributed by atoms with E-state index in [0.717, 1.165) is 0 Å². The summed E-state index contributed by atoms with van der Waals surface area (Å²) in [6.07, 6.45) is 0. The third kappa shape index (κ3) is 6.13. The van der Waals surface area contributed by atoms with Crippen molar-refractivity contribution in [3.63, 3.8) is 0 Å². The van der Waals surface area contributed by atoms with E-state index in [2.05, 4.69) is 133 Å². The van der Waals surface area contributed by atoms with Gasteiger partial charge in [-0.2, -0.15) is 0 Å². The van der Waals surface area contributed by atoms with Crippen LogP contribution in [0.15, 0.2) is 36.4 Å². The Morgan fingerprint density at radius 1 is 0.500 bits per heavy atom. The van der Waals surface area contributed by atoms with Gasteiger partial charge in [-0.25, -0.2) is 9.78 Å². The molecule has 0 aliphatic carbocycles. The Hall–Kier alpha value is -1.64. The van der Waals surface area contributed by atoms with Crippen molar-refractivity contribution in [2.75, 3.05) is 0 Å². The first-order valence-electron chi connectivity index (χ1n) is 12.9. The Bertz CT molecular complexity index is 898. The van der Waals surface area contributed by atoms with Gasteiger partial charge in [-0.15, -0.1) is 0 Å². The lowest BCUT2D eigenvalue weighted by atomic mass is 9.74. The van der Waals surface area contributed by atoms with Crippen molar-refractivity contribution in [2.45, 2.75) is 131 Å². The minimum absolute atomic E-state index is 0.00263. The quantitative estimate of drug-likeness (QED) is 0.299. The minimum atomic E-state index is -0.609. The molecule has 0 aliphatic heterocycles. The van der Waals surface area contributed by atoms with Gasteiger partial charge in [0.1, 0.15) is 11.2 Å². The average molecular weight is 467 g/mol. The minimum Gasteiger partial charge on any atom is -0.225 e. The molecule has 0 bridgehead atoms. The monoisotopic (exact) mass is 466 g/mol. The average Bonchev–Trinajstić information content (AvgIpc) is 2.70. The van der Waals surface area contributed by atoms with E-state index in [1.54, 1.807) is 0 Å². The maximum Gasteiger partial charge on any atom is 0.123 e. The van der Waals surface area contributed by atoms with Crippen molar-refractivity contribution in [3.05, 3.63) is 69.8 Å². The zero-order chi connectivity index (χ0) is 26.3. The van der Waals surface area contributed by atoms with Gasteiger partial charge in [-0.1, -0.05) is 106 Å². The largest absolute Gasteiger partial charge is 0.225 e. The Balaban J connectivity index is 2.52. The van der Waals surface area contributed by atoms with E-state index >= 15 is 0 Å². The van der Waals surface area contributed by atoms with Gasteiger partial charge >= 0.3 is 0 Å². The van der Waals surface area contributed by atoms with Gasteiger partial charge in [0, 0.05) is 0 Å². The van der Waals surface area contributed by atoms with E-state index in [0.29, 0.717) is 11.8 Å². The molecule has 2 aromatic carbocycles. The molecule has 34 heavy (non-hydrogen) atoms. The predicted molar refractivity (Wildman–Crippen MR) is 147 cm³/mol. The van der Waals surface area contributed by atoms with Crippen LogP contribution in [-0.2, 0) is 31.8 Å². The Morgan fingerprint density at radius 3 is 1.03 bits per heavy atom. The van der Waals surface area contributed by atoms with Crippen molar-refractivity contribution in [2.24, 2.45) is 0 Å². The molecule has 0 radical (unpaired) electrons. The lowest BCUT2D eigenvalue weighted by Gasteiger charge is -2.38. The standard InChI is InChI=1S/C32H50O2/c1-21(2)23-17-15-19-25(27(23)29(5,6)7)31(11,12)33-34-32(13,14)26-20-16-18-24(22(3)4)28(26)30(8,9)10/h15-22H,1-14H3. The molecule has 0 spiro atoms. The topological polar surface area (TPSA) is 18.5 Å². The summed E-state index contributed by atoms with van der Waals surface area (Å²) in [6.45, 7) is 31.2. The fourth-order valence-electron chi connectivity index (χ4n) is 5.08. The highest BCUT2D eigenvalue weighted by Gasteiger charge is 2.37. The van der Waals surface area contributed by atoms with Gasteiger partial charge in [-0.05, 0) is 83.7 Å². The van der Waals surface area contributed by atoms with Gasteiger partial charge in [0.25, 0.3) is 0 Å². The fourth-order valence-corrected chi connectivity index (χ4v) is 5.08. The van der Waals surface area contributed by atoms with E-state index in [1.807, 2.05) is 0 Å². The summed E-state index contributed by atoms with van der Waals surface area (Å²) >= 11 is 0. The third-order valence-electron chi connectivity index (χ3n) is 6.69. The van der Waals surface area contributed by atoms with Crippen molar-refractivity contribution < 1.29 is 9.78 Å². The first kappa shape index (κ1) is 28.6. The smallest absolute Gasteiger partial charge is 0.123 e. The Kier molecular flexibility index (Phi) is 8.23. The summed E-state index contributed by atoms with van der Waals surface area (Å²) in [6, 6.07) is 13.2. The van der Waals surface area contributed by atoms with Crippen LogP contribution < -0.4 is 0 Å². The molecule has 2 rings (SSSR count). The summed E-state index contributed by atoms with van der Waals surface area (Å²) in [5.74, 6) is 0.880. The number of benzene rings is 2.